The van der Waals surface area contributed by atoms with E-state index < -0.39 is 35.3 Å². The van der Waals surface area contributed by atoms with Crippen molar-refractivity contribution >= 4 is 6.08 Å². The van der Waals surface area contributed by atoms with Crippen molar-refractivity contribution in [1.29, 1.82) is 0 Å². The van der Waals surface area contributed by atoms with Gasteiger partial charge in [-0.1, -0.05) is 66.7 Å². The van der Waals surface area contributed by atoms with Crippen LogP contribution in [0.1, 0.15) is 34.9 Å². The van der Waals surface area contributed by atoms with Gasteiger partial charge in [0.1, 0.15) is 29.4 Å². The molecule has 3 atom stereocenters. The minimum Gasteiger partial charge on any atom is -0.497 e. The van der Waals surface area contributed by atoms with Crippen LogP contribution in [0.5, 0.6) is 11.5 Å². The van der Waals surface area contributed by atoms with Crippen LogP contribution in [-0.4, -0.2) is 54.2 Å². The number of aliphatic hydroxyl groups excluding tert-OH is 1. The fraction of sp³-hybridized carbons (Fsp3) is 0.273. The minimum absolute atomic E-state index is 0.0113. The lowest BCUT2D eigenvalue weighted by atomic mass is 9.80. The lowest BCUT2D eigenvalue weighted by Crippen LogP contribution is -2.38. The molecule has 1 aliphatic heterocycles. The maximum absolute atomic E-state index is 12.7. The third kappa shape index (κ3) is 6.18. The van der Waals surface area contributed by atoms with Gasteiger partial charge in [0, 0.05) is 19.2 Å². The van der Waals surface area contributed by atoms with Crippen molar-refractivity contribution < 1.29 is 24.1 Å². The maximum atomic E-state index is 12.7. The Kier molecular flexibility index (Phi) is 9.22. The molecule has 0 amide bonds. The number of aliphatic hydroxyl groups is 1. The molecule has 5 rings (SSSR count). The number of hydrogen-bond donors (Lipinski definition) is 3. The number of methoxy groups -OCH3 is 2. The molecule has 3 aromatic carbocycles. The Labute approximate surface area is 248 Å². The Bertz CT molecular complexity index is 1600. The molecule has 4 N–H and O–H groups in total. The van der Waals surface area contributed by atoms with Crippen LogP contribution in [0.2, 0.25) is 0 Å². The summed E-state index contributed by atoms with van der Waals surface area (Å²) in [7, 11) is 3.22. The normalized spacial score (nSPS) is 18.7. The molecule has 43 heavy (non-hydrogen) atoms. The number of nitrogens with one attached hydrogen (secondary N) is 1. The molecule has 1 unspecified atom stereocenters. The second-order valence-electron chi connectivity index (χ2n) is 10.1. The van der Waals surface area contributed by atoms with E-state index in [1.54, 1.807) is 26.4 Å². The summed E-state index contributed by atoms with van der Waals surface area (Å²) in [5, 5.41) is 11.1. The molecule has 2 heterocycles. The third-order valence-electron chi connectivity index (χ3n) is 7.58. The zero-order valence-electron chi connectivity index (χ0n) is 24.0. The predicted molar refractivity (Wildman–Crippen MR) is 162 cm³/mol. The molecule has 0 aliphatic carbocycles. The van der Waals surface area contributed by atoms with Gasteiger partial charge in [-0.2, -0.15) is 0 Å². The van der Waals surface area contributed by atoms with E-state index in [4.69, 9.17) is 24.7 Å². The van der Waals surface area contributed by atoms with Crippen LogP contribution in [0.4, 0.5) is 0 Å². The number of hydrogen-bond acceptors (Lipinski definition) is 8. The Morgan fingerprint density at radius 1 is 0.953 bits per heavy atom. The summed E-state index contributed by atoms with van der Waals surface area (Å²) in [6.07, 6.45) is 2.17. The Balaban J connectivity index is 1.51. The van der Waals surface area contributed by atoms with Crippen LogP contribution in [0.3, 0.4) is 0 Å². The van der Waals surface area contributed by atoms with Gasteiger partial charge in [-0.05, 0) is 41.0 Å². The molecule has 0 saturated carbocycles. The van der Waals surface area contributed by atoms with Gasteiger partial charge in [0.25, 0.3) is 5.56 Å². The Morgan fingerprint density at radius 2 is 1.53 bits per heavy atom. The average molecular weight is 586 g/mol. The smallest absolute Gasteiger partial charge is 0.330 e. The first-order chi connectivity index (χ1) is 20.9. The zero-order valence-corrected chi connectivity index (χ0v) is 24.0. The van der Waals surface area contributed by atoms with Crippen molar-refractivity contribution in [2.45, 2.75) is 30.5 Å². The van der Waals surface area contributed by atoms with Gasteiger partial charge < -0.3 is 29.8 Å². The molecule has 1 fully saturated rings. The predicted octanol–water partition coefficient (Wildman–Crippen LogP) is 3.18. The molecule has 0 radical (unpaired) electrons. The summed E-state index contributed by atoms with van der Waals surface area (Å²) >= 11 is 0. The van der Waals surface area contributed by atoms with Crippen molar-refractivity contribution in [3.8, 4) is 11.5 Å². The van der Waals surface area contributed by atoms with Crippen molar-refractivity contribution in [3.63, 3.8) is 0 Å². The van der Waals surface area contributed by atoms with Gasteiger partial charge in [-0.3, -0.25) is 14.3 Å². The molecule has 10 heteroatoms. The number of benzene rings is 3. The Morgan fingerprint density at radius 3 is 2.09 bits per heavy atom. The molecule has 1 aliphatic rings. The zero-order chi connectivity index (χ0) is 30.4. The van der Waals surface area contributed by atoms with Crippen molar-refractivity contribution in [3.05, 3.63) is 134 Å². The third-order valence-corrected chi connectivity index (χ3v) is 7.58. The quantitative estimate of drug-likeness (QED) is 0.228. The monoisotopic (exact) mass is 585 g/mol. The fourth-order valence-electron chi connectivity index (χ4n) is 5.35. The van der Waals surface area contributed by atoms with Gasteiger partial charge in [-0.25, -0.2) is 4.79 Å². The summed E-state index contributed by atoms with van der Waals surface area (Å²) in [5.74, 6) is 1.40. The molecule has 1 aromatic heterocycles. The van der Waals surface area contributed by atoms with Gasteiger partial charge in [0.2, 0.25) is 0 Å². The fourth-order valence-corrected chi connectivity index (χ4v) is 5.35. The molecule has 0 bridgehead atoms. The highest BCUT2D eigenvalue weighted by Crippen LogP contribution is 2.42. The van der Waals surface area contributed by atoms with Crippen LogP contribution in [-0.2, 0) is 15.1 Å². The summed E-state index contributed by atoms with van der Waals surface area (Å²) in [6.45, 7) is 0.227. The van der Waals surface area contributed by atoms with E-state index in [9.17, 15) is 14.7 Å². The molecule has 224 valence electrons. The lowest BCUT2D eigenvalue weighted by molar-refractivity contribution is -0.0944. The molecule has 4 aromatic rings. The van der Waals surface area contributed by atoms with E-state index in [1.165, 1.54) is 10.8 Å². The summed E-state index contributed by atoms with van der Waals surface area (Å²) < 4.78 is 25.1. The molecule has 1 saturated heterocycles. The number of aromatic amines is 1. The molecular formula is C33H35N3O7. The summed E-state index contributed by atoms with van der Waals surface area (Å²) in [5.41, 5.74) is 6.04. The number of H-pyrrole nitrogens is 1. The van der Waals surface area contributed by atoms with E-state index >= 15 is 0 Å². The second-order valence-corrected chi connectivity index (χ2v) is 10.1. The average Bonchev–Trinajstić information content (AvgIpc) is 3.41. The van der Waals surface area contributed by atoms with Crippen molar-refractivity contribution in [2.24, 2.45) is 5.73 Å². The van der Waals surface area contributed by atoms with Crippen LogP contribution in [0.15, 0.2) is 101 Å². The first kappa shape index (κ1) is 30.0. The van der Waals surface area contributed by atoms with Gasteiger partial charge >= 0.3 is 5.69 Å². The van der Waals surface area contributed by atoms with E-state index in [-0.39, 0.29) is 25.1 Å². The number of rotatable bonds is 11. The SMILES string of the molecule is COc1ccc(C(OC[C@H]2O[C@@H](n3cc(C=CCN)c(=O)[nH]c3=O)CC2O)(c2ccccc2)c2ccc(OC)cc2)cc1. The summed E-state index contributed by atoms with van der Waals surface area (Å²) in [6, 6.07) is 25.1. The first-order valence-electron chi connectivity index (χ1n) is 13.9. The van der Waals surface area contributed by atoms with Crippen LogP contribution in [0, 0.1) is 0 Å². The van der Waals surface area contributed by atoms with E-state index in [0.717, 1.165) is 16.7 Å². The van der Waals surface area contributed by atoms with Crippen LogP contribution >= 0.6 is 0 Å². The van der Waals surface area contributed by atoms with Crippen LogP contribution in [0.25, 0.3) is 6.08 Å². The maximum Gasteiger partial charge on any atom is 0.330 e. The standard InChI is InChI=1S/C33H35N3O7/c1-40-26-14-10-24(11-15-26)33(23-8-4-3-5-9-23,25-12-16-27(41-2)17-13-25)42-21-29-28(37)19-30(43-29)36-20-22(7-6-18-34)31(38)35-32(36)39/h3-17,20,28-30,37H,18-19,21,34H2,1-2H3,(H,35,38,39)/t28?,29-,30-/m1/s1. The van der Waals surface area contributed by atoms with Crippen LogP contribution < -0.4 is 26.5 Å². The van der Waals surface area contributed by atoms with E-state index in [2.05, 4.69) is 4.98 Å². The Hall–Kier alpha value is -4.48. The van der Waals surface area contributed by atoms with E-state index in [1.807, 2.05) is 78.9 Å². The molecular weight excluding hydrogens is 550 g/mol. The highest BCUT2D eigenvalue weighted by atomic mass is 16.6. The number of nitrogens with two attached hydrogens (primary N) is 1. The summed E-state index contributed by atoms with van der Waals surface area (Å²) in [4.78, 5) is 27.2. The molecule has 10 nitrogen and oxygen atoms in total. The van der Waals surface area contributed by atoms with Gasteiger partial charge in [0.05, 0.1) is 32.5 Å². The topological polar surface area (TPSA) is 138 Å². The first-order valence-corrected chi connectivity index (χ1v) is 13.9. The minimum atomic E-state index is -1.10. The van der Waals surface area contributed by atoms with E-state index in [0.29, 0.717) is 11.5 Å². The van der Waals surface area contributed by atoms with Gasteiger partial charge in [0.15, 0.2) is 0 Å². The molecule has 0 spiro atoms. The van der Waals surface area contributed by atoms with Crippen molar-refractivity contribution in [1.82, 2.24) is 9.55 Å². The number of ether oxygens (including phenoxy) is 4. The van der Waals surface area contributed by atoms with Gasteiger partial charge in [-0.15, -0.1) is 0 Å². The second kappa shape index (κ2) is 13.2. The van der Waals surface area contributed by atoms with Crippen molar-refractivity contribution in [2.75, 3.05) is 27.4 Å². The number of nitrogens with zero attached hydrogens (tertiary/aromatic N) is 1. The largest absolute Gasteiger partial charge is 0.497 e. The number of aromatic nitrogens is 2. The highest BCUT2D eigenvalue weighted by molar-refractivity contribution is 5.50. The highest BCUT2D eigenvalue weighted by Gasteiger charge is 2.42. The lowest BCUT2D eigenvalue weighted by Gasteiger charge is -2.37.